The molecule has 4 aromatic carbocycles. The summed E-state index contributed by atoms with van der Waals surface area (Å²) in [5.41, 5.74) is -0.770. The summed E-state index contributed by atoms with van der Waals surface area (Å²) in [4.78, 5) is 12.3. The van der Waals surface area contributed by atoms with Crippen LogP contribution in [0.5, 0.6) is 23.0 Å². The maximum Gasteiger partial charge on any atom is 0.461 e. The van der Waals surface area contributed by atoms with Crippen LogP contribution in [-0.2, 0) is 0 Å². The third-order valence-corrected chi connectivity index (χ3v) is 6.26. The van der Waals surface area contributed by atoms with Gasteiger partial charge in [-0.2, -0.15) is 35.1 Å². The average molecular weight is 730 g/mol. The van der Waals surface area contributed by atoms with Crippen molar-refractivity contribution < 1.29 is 81.5 Å². The van der Waals surface area contributed by atoms with E-state index in [9.17, 15) is 62.6 Å². The number of carbonyl (C=O) groups excluding carboxylic acids is 1. The van der Waals surface area contributed by atoms with E-state index in [1.54, 1.807) is 0 Å². The van der Waals surface area contributed by atoms with Gasteiger partial charge < -0.3 is 24.1 Å². The molecule has 270 valence electrons. The molecule has 0 bridgehead atoms. The minimum atomic E-state index is -4.85. The van der Waals surface area contributed by atoms with Crippen LogP contribution in [0.3, 0.4) is 0 Å². The van der Waals surface area contributed by atoms with Crippen LogP contribution in [0.1, 0.15) is 33.2 Å². The first kappa shape index (κ1) is 39.3. The normalized spacial score (nSPS) is 12.3. The zero-order valence-electron chi connectivity index (χ0n) is 25.2. The average Bonchev–Trinajstić information content (AvgIpc) is 3.03. The summed E-state index contributed by atoms with van der Waals surface area (Å²) in [6, 6.07) is 10.1. The molecule has 1 N–H and O–H groups in total. The second-order valence-corrected chi connectivity index (χ2v) is 9.80. The standard InChI is InChI=1S/C16H12F6O3.C16H10F6O3/c2*1-24-13-6-8(2-3-12(13)18)14(23)9-4-10(17)7-11(5-9)25-16(21,22)15(19)20/h2-7,14-15,23H,1H3;2-7,15H,1H3. The van der Waals surface area contributed by atoms with Gasteiger partial charge in [0.2, 0.25) is 0 Å². The highest BCUT2D eigenvalue weighted by Crippen LogP contribution is 2.33. The molecular formula is C32H22F12O6. The number of hydrogen-bond acceptors (Lipinski definition) is 6. The first-order valence-corrected chi connectivity index (χ1v) is 13.5. The maximum atomic E-state index is 13.6. The SMILES string of the molecule is COc1cc(C(=O)c2cc(F)cc(OC(F)(F)C(F)F)c2)ccc1F.COc1cc(C(O)c2cc(F)cc(OC(F)(F)C(F)F)c2)ccc1F. The molecule has 0 amide bonds. The molecule has 1 atom stereocenters. The van der Waals surface area contributed by atoms with Crippen LogP contribution in [0.4, 0.5) is 52.7 Å². The Labute approximate surface area is 274 Å². The summed E-state index contributed by atoms with van der Waals surface area (Å²) >= 11 is 0. The van der Waals surface area contributed by atoms with Gasteiger partial charge in [-0.3, -0.25) is 4.79 Å². The van der Waals surface area contributed by atoms with Crippen LogP contribution in [0.25, 0.3) is 0 Å². The fraction of sp³-hybridized carbons (Fsp3) is 0.219. The Bertz CT molecular complexity index is 1800. The topological polar surface area (TPSA) is 74.2 Å². The maximum absolute atomic E-state index is 13.6. The van der Waals surface area contributed by atoms with E-state index < -0.39 is 77.3 Å². The molecule has 50 heavy (non-hydrogen) atoms. The van der Waals surface area contributed by atoms with Crippen molar-refractivity contribution in [3.63, 3.8) is 0 Å². The molecule has 0 fully saturated rings. The lowest BCUT2D eigenvalue weighted by Crippen LogP contribution is -2.33. The lowest BCUT2D eigenvalue weighted by molar-refractivity contribution is -0.253. The zero-order chi connectivity index (χ0) is 37.6. The van der Waals surface area contributed by atoms with Crippen molar-refractivity contribution in [1.29, 1.82) is 0 Å². The summed E-state index contributed by atoms with van der Waals surface area (Å²) < 4.78 is 171. The Hall–Kier alpha value is -5.13. The number of ketones is 1. The van der Waals surface area contributed by atoms with Crippen molar-refractivity contribution in [2.24, 2.45) is 0 Å². The molecule has 0 heterocycles. The number of aliphatic hydroxyl groups is 1. The Kier molecular flexibility index (Phi) is 12.6. The van der Waals surface area contributed by atoms with Gasteiger partial charge in [0.1, 0.15) is 29.2 Å². The number of benzene rings is 4. The second kappa shape index (κ2) is 16.1. The lowest BCUT2D eigenvalue weighted by Gasteiger charge is -2.19. The van der Waals surface area contributed by atoms with Crippen LogP contribution < -0.4 is 18.9 Å². The molecule has 0 spiro atoms. The third-order valence-electron chi connectivity index (χ3n) is 6.26. The van der Waals surface area contributed by atoms with E-state index in [2.05, 4.69) is 9.47 Å². The van der Waals surface area contributed by atoms with Gasteiger partial charge in [-0.1, -0.05) is 6.07 Å². The number of ether oxygens (including phenoxy) is 4. The van der Waals surface area contributed by atoms with Crippen molar-refractivity contribution >= 4 is 5.78 Å². The minimum Gasteiger partial charge on any atom is -0.494 e. The molecule has 4 aromatic rings. The minimum absolute atomic E-state index is 0.0652. The van der Waals surface area contributed by atoms with E-state index in [4.69, 9.17) is 9.47 Å². The van der Waals surface area contributed by atoms with Gasteiger partial charge in [0.05, 0.1) is 14.2 Å². The summed E-state index contributed by atoms with van der Waals surface area (Å²) in [7, 11) is 2.35. The summed E-state index contributed by atoms with van der Waals surface area (Å²) in [6.45, 7) is 0. The molecule has 0 aliphatic carbocycles. The molecule has 0 saturated heterocycles. The highest BCUT2D eigenvalue weighted by molar-refractivity contribution is 6.09. The van der Waals surface area contributed by atoms with Crippen LogP contribution in [0, 0.1) is 23.3 Å². The second-order valence-electron chi connectivity index (χ2n) is 9.80. The Morgan fingerprint density at radius 1 is 0.600 bits per heavy atom. The predicted octanol–water partition coefficient (Wildman–Crippen LogP) is 8.73. The van der Waals surface area contributed by atoms with Crippen molar-refractivity contribution in [3.8, 4) is 23.0 Å². The van der Waals surface area contributed by atoms with E-state index in [1.165, 1.54) is 13.2 Å². The van der Waals surface area contributed by atoms with Gasteiger partial charge in [0, 0.05) is 23.3 Å². The largest absolute Gasteiger partial charge is 0.494 e. The van der Waals surface area contributed by atoms with Crippen molar-refractivity contribution in [3.05, 3.63) is 118 Å². The van der Waals surface area contributed by atoms with E-state index in [-0.39, 0.29) is 28.2 Å². The van der Waals surface area contributed by atoms with Crippen molar-refractivity contribution in [2.75, 3.05) is 14.2 Å². The molecule has 6 nitrogen and oxygen atoms in total. The smallest absolute Gasteiger partial charge is 0.461 e. The molecule has 18 heteroatoms. The quantitative estimate of drug-likeness (QED) is 0.116. The number of halogens is 12. The number of hydrogen-bond donors (Lipinski definition) is 1. The summed E-state index contributed by atoms with van der Waals surface area (Å²) in [5, 5.41) is 10.2. The van der Waals surface area contributed by atoms with Crippen molar-refractivity contribution in [2.45, 2.75) is 31.2 Å². The zero-order valence-corrected chi connectivity index (χ0v) is 25.2. The van der Waals surface area contributed by atoms with Gasteiger partial charge in [-0.05, 0) is 65.7 Å². The molecule has 0 aromatic heterocycles. The summed E-state index contributed by atoms with van der Waals surface area (Å²) in [6.07, 6.45) is -19.5. The van der Waals surface area contributed by atoms with Crippen LogP contribution >= 0.6 is 0 Å². The number of alkyl halides is 8. The van der Waals surface area contributed by atoms with E-state index in [1.807, 2.05) is 0 Å². The van der Waals surface area contributed by atoms with Gasteiger partial charge in [0.15, 0.2) is 28.9 Å². The molecule has 0 aliphatic heterocycles. The van der Waals surface area contributed by atoms with Crippen LogP contribution in [0.15, 0.2) is 72.8 Å². The molecule has 0 saturated carbocycles. The highest BCUT2D eigenvalue weighted by Gasteiger charge is 2.45. The van der Waals surface area contributed by atoms with Gasteiger partial charge in [-0.15, -0.1) is 0 Å². The Morgan fingerprint density at radius 3 is 1.60 bits per heavy atom. The number of rotatable bonds is 12. The van der Waals surface area contributed by atoms with E-state index >= 15 is 0 Å². The summed E-state index contributed by atoms with van der Waals surface area (Å²) in [5.74, 6) is -6.89. The molecule has 0 radical (unpaired) electrons. The predicted molar refractivity (Wildman–Crippen MR) is 149 cm³/mol. The fourth-order valence-electron chi connectivity index (χ4n) is 3.96. The lowest BCUT2D eigenvalue weighted by atomic mass is 10.0. The third kappa shape index (κ3) is 9.96. The van der Waals surface area contributed by atoms with Crippen LogP contribution in [0.2, 0.25) is 0 Å². The van der Waals surface area contributed by atoms with Gasteiger partial charge in [0.25, 0.3) is 0 Å². The molecule has 4 rings (SSSR count). The van der Waals surface area contributed by atoms with Gasteiger partial charge >= 0.3 is 25.1 Å². The number of methoxy groups -OCH3 is 2. The highest BCUT2D eigenvalue weighted by atomic mass is 19.3. The van der Waals surface area contributed by atoms with E-state index in [0.717, 1.165) is 49.6 Å². The van der Waals surface area contributed by atoms with E-state index in [0.29, 0.717) is 24.3 Å². The fourth-order valence-corrected chi connectivity index (χ4v) is 3.96. The monoisotopic (exact) mass is 730 g/mol. The first-order chi connectivity index (χ1) is 23.3. The van der Waals surface area contributed by atoms with Gasteiger partial charge in [-0.25, -0.2) is 17.6 Å². The van der Waals surface area contributed by atoms with Crippen molar-refractivity contribution in [1.82, 2.24) is 0 Å². The first-order valence-electron chi connectivity index (χ1n) is 13.5. The number of aliphatic hydroxyl groups excluding tert-OH is 1. The molecule has 0 aliphatic rings. The number of carbonyl (C=O) groups is 1. The Morgan fingerprint density at radius 2 is 1.08 bits per heavy atom. The molecule has 1 unspecified atom stereocenters. The Balaban J connectivity index is 0.000000270. The molecular weight excluding hydrogens is 708 g/mol. The van der Waals surface area contributed by atoms with Crippen LogP contribution in [-0.4, -0.2) is 50.2 Å².